The Labute approximate surface area is 120 Å². The van der Waals surface area contributed by atoms with Gasteiger partial charge in [-0.1, -0.05) is 25.7 Å². The Morgan fingerprint density at radius 3 is 2.75 bits per heavy atom. The standard InChI is InChI=1S/C16H23N3O/c17-19-16(18-14-5-3-1-2-4-6-14)13-7-8-15-12(11-13)9-10-20-15/h7-8,11,14H,1-6,9-10,17H2,(H,18,19). The number of fused-ring (bicyclic) bond motifs is 1. The lowest BCUT2D eigenvalue weighted by Gasteiger charge is -2.13. The molecule has 1 saturated carbocycles. The van der Waals surface area contributed by atoms with Gasteiger partial charge >= 0.3 is 0 Å². The van der Waals surface area contributed by atoms with Crippen LogP contribution in [0.3, 0.4) is 0 Å². The van der Waals surface area contributed by atoms with E-state index in [9.17, 15) is 0 Å². The van der Waals surface area contributed by atoms with Gasteiger partial charge in [0.25, 0.3) is 0 Å². The van der Waals surface area contributed by atoms with Crippen molar-refractivity contribution in [2.45, 2.75) is 51.0 Å². The van der Waals surface area contributed by atoms with Crippen molar-refractivity contribution in [3.8, 4) is 5.75 Å². The Kier molecular flexibility index (Phi) is 4.21. The average Bonchev–Trinajstić information content (AvgIpc) is 2.79. The Morgan fingerprint density at radius 2 is 2.00 bits per heavy atom. The van der Waals surface area contributed by atoms with Crippen LogP contribution in [0, 0.1) is 0 Å². The van der Waals surface area contributed by atoms with Gasteiger partial charge in [0.05, 0.1) is 12.6 Å². The molecule has 1 aliphatic heterocycles. The predicted octanol–water partition coefficient (Wildman–Crippen LogP) is 2.55. The fourth-order valence-corrected chi connectivity index (χ4v) is 3.10. The van der Waals surface area contributed by atoms with Gasteiger partial charge in [0.2, 0.25) is 0 Å². The van der Waals surface area contributed by atoms with Gasteiger partial charge < -0.3 is 10.2 Å². The number of rotatable bonds is 2. The van der Waals surface area contributed by atoms with E-state index in [0.717, 1.165) is 30.2 Å². The van der Waals surface area contributed by atoms with Crippen LogP contribution in [0.2, 0.25) is 0 Å². The Hall–Kier alpha value is -1.55. The topological polar surface area (TPSA) is 59.6 Å². The first-order valence-corrected chi connectivity index (χ1v) is 7.67. The highest BCUT2D eigenvalue weighted by molar-refractivity contribution is 5.98. The van der Waals surface area contributed by atoms with Crippen LogP contribution in [-0.2, 0) is 6.42 Å². The van der Waals surface area contributed by atoms with Crippen LogP contribution in [0.5, 0.6) is 5.75 Å². The molecule has 4 heteroatoms. The number of ether oxygens (including phenoxy) is 1. The normalized spacial score (nSPS) is 20.1. The molecule has 108 valence electrons. The maximum absolute atomic E-state index is 5.69. The molecule has 4 nitrogen and oxygen atoms in total. The number of aliphatic imine (C=N–C) groups is 1. The van der Waals surface area contributed by atoms with Crippen LogP contribution >= 0.6 is 0 Å². The second-order valence-corrected chi connectivity index (χ2v) is 5.69. The minimum absolute atomic E-state index is 0.410. The van der Waals surface area contributed by atoms with E-state index in [0.29, 0.717) is 6.04 Å². The smallest absolute Gasteiger partial charge is 0.142 e. The summed E-state index contributed by atoms with van der Waals surface area (Å²) in [6, 6.07) is 6.63. The molecule has 1 fully saturated rings. The lowest BCUT2D eigenvalue weighted by Crippen LogP contribution is -2.32. The second-order valence-electron chi connectivity index (χ2n) is 5.69. The molecule has 1 heterocycles. The van der Waals surface area contributed by atoms with Crippen molar-refractivity contribution in [1.82, 2.24) is 5.43 Å². The summed E-state index contributed by atoms with van der Waals surface area (Å²) in [5, 5.41) is 0. The molecule has 1 aromatic rings. The van der Waals surface area contributed by atoms with Gasteiger partial charge in [-0.15, -0.1) is 0 Å². The van der Waals surface area contributed by atoms with Crippen LogP contribution in [-0.4, -0.2) is 18.5 Å². The Morgan fingerprint density at radius 1 is 1.20 bits per heavy atom. The number of hydrogen-bond acceptors (Lipinski definition) is 3. The van der Waals surface area contributed by atoms with E-state index in [4.69, 9.17) is 15.6 Å². The van der Waals surface area contributed by atoms with E-state index in [-0.39, 0.29) is 0 Å². The Bertz CT molecular complexity index is 490. The van der Waals surface area contributed by atoms with Crippen molar-refractivity contribution in [2.24, 2.45) is 10.8 Å². The fraction of sp³-hybridized carbons (Fsp3) is 0.562. The number of nitrogens with two attached hydrogens (primary N) is 1. The van der Waals surface area contributed by atoms with Crippen molar-refractivity contribution < 1.29 is 4.74 Å². The van der Waals surface area contributed by atoms with Crippen molar-refractivity contribution in [3.63, 3.8) is 0 Å². The summed E-state index contributed by atoms with van der Waals surface area (Å²) in [7, 11) is 0. The zero-order chi connectivity index (χ0) is 13.8. The minimum atomic E-state index is 0.410. The molecule has 0 bridgehead atoms. The van der Waals surface area contributed by atoms with Crippen molar-refractivity contribution >= 4 is 5.84 Å². The van der Waals surface area contributed by atoms with Crippen LogP contribution in [0.15, 0.2) is 23.2 Å². The summed E-state index contributed by atoms with van der Waals surface area (Å²) in [5.41, 5.74) is 5.11. The summed E-state index contributed by atoms with van der Waals surface area (Å²) in [5.74, 6) is 7.51. The molecule has 2 aliphatic rings. The first-order valence-electron chi connectivity index (χ1n) is 7.67. The number of hydrazine groups is 1. The lowest BCUT2D eigenvalue weighted by atomic mass is 10.1. The highest BCUT2D eigenvalue weighted by atomic mass is 16.5. The van der Waals surface area contributed by atoms with Crippen LogP contribution in [0.25, 0.3) is 0 Å². The largest absolute Gasteiger partial charge is 0.493 e. The van der Waals surface area contributed by atoms with Gasteiger partial charge in [-0.05, 0) is 36.6 Å². The van der Waals surface area contributed by atoms with Gasteiger partial charge in [-0.3, -0.25) is 4.99 Å². The van der Waals surface area contributed by atoms with Gasteiger partial charge in [-0.25, -0.2) is 5.84 Å². The van der Waals surface area contributed by atoms with E-state index in [1.807, 2.05) is 12.1 Å². The maximum atomic E-state index is 5.69. The van der Waals surface area contributed by atoms with Crippen molar-refractivity contribution in [3.05, 3.63) is 29.3 Å². The lowest BCUT2D eigenvalue weighted by molar-refractivity contribution is 0.357. The average molecular weight is 273 g/mol. The molecule has 3 N–H and O–H groups in total. The Balaban J connectivity index is 1.81. The fourth-order valence-electron chi connectivity index (χ4n) is 3.10. The van der Waals surface area contributed by atoms with Gasteiger partial charge in [-0.2, -0.15) is 0 Å². The summed E-state index contributed by atoms with van der Waals surface area (Å²) in [6.07, 6.45) is 8.58. The summed E-state index contributed by atoms with van der Waals surface area (Å²) in [4.78, 5) is 4.85. The maximum Gasteiger partial charge on any atom is 0.142 e. The molecule has 1 aromatic carbocycles. The van der Waals surface area contributed by atoms with E-state index in [1.165, 1.54) is 44.1 Å². The highest BCUT2D eigenvalue weighted by Crippen LogP contribution is 2.26. The van der Waals surface area contributed by atoms with Crippen LogP contribution in [0.4, 0.5) is 0 Å². The molecule has 0 atom stereocenters. The molecule has 0 saturated heterocycles. The number of amidine groups is 1. The third-order valence-electron chi connectivity index (χ3n) is 4.24. The van der Waals surface area contributed by atoms with Crippen LogP contribution < -0.4 is 16.0 Å². The SMILES string of the molecule is NNC(=NC1CCCCCC1)c1ccc2c(c1)CCO2. The van der Waals surface area contributed by atoms with E-state index >= 15 is 0 Å². The molecule has 20 heavy (non-hydrogen) atoms. The summed E-state index contributed by atoms with van der Waals surface area (Å²) >= 11 is 0. The predicted molar refractivity (Wildman–Crippen MR) is 81.0 cm³/mol. The molecule has 1 aliphatic carbocycles. The number of benzene rings is 1. The van der Waals surface area contributed by atoms with Crippen molar-refractivity contribution in [2.75, 3.05) is 6.61 Å². The quantitative estimate of drug-likeness (QED) is 0.286. The van der Waals surface area contributed by atoms with Gasteiger partial charge in [0.1, 0.15) is 11.6 Å². The minimum Gasteiger partial charge on any atom is -0.493 e. The molecule has 0 spiro atoms. The molecular weight excluding hydrogens is 250 g/mol. The zero-order valence-corrected chi connectivity index (χ0v) is 11.9. The van der Waals surface area contributed by atoms with E-state index in [2.05, 4.69) is 11.5 Å². The van der Waals surface area contributed by atoms with Gasteiger partial charge in [0.15, 0.2) is 0 Å². The van der Waals surface area contributed by atoms with Crippen LogP contribution in [0.1, 0.15) is 49.7 Å². The third kappa shape index (κ3) is 2.96. The highest BCUT2D eigenvalue weighted by Gasteiger charge is 2.16. The number of hydrogen-bond donors (Lipinski definition) is 2. The van der Waals surface area contributed by atoms with Crippen molar-refractivity contribution in [1.29, 1.82) is 0 Å². The first kappa shape index (κ1) is 13.4. The second kappa shape index (κ2) is 6.27. The molecule has 0 aromatic heterocycles. The molecule has 3 rings (SSSR count). The summed E-state index contributed by atoms with van der Waals surface area (Å²) < 4.78 is 5.54. The first-order chi connectivity index (χ1) is 9.86. The zero-order valence-electron chi connectivity index (χ0n) is 11.9. The van der Waals surface area contributed by atoms with E-state index < -0.39 is 0 Å². The molecule has 0 radical (unpaired) electrons. The molecular formula is C16H23N3O. The number of nitrogens with one attached hydrogen (secondary N) is 1. The monoisotopic (exact) mass is 273 g/mol. The third-order valence-corrected chi connectivity index (χ3v) is 4.24. The summed E-state index contributed by atoms with van der Waals surface area (Å²) in [6.45, 7) is 0.782. The van der Waals surface area contributed by atoms with Gasteiger partial charge in [0, 0.05) is 12.0 Å². The molecule has 0 unspecified atom stereocenters. The number of nitrogens with zero attached hydrogens (tertiary/aromatic N) is 1. The van der Waals surface area contributed by atoms with E-state index in [1.54, 1.807) is 0 Å². The molecule has 0 amide bonds.